The van der Waals surface area contributed by atoms with E-state index in [4.69, 9.17) is 0 Å². The van der Waals surface area contributed by atoms with Gasteiger partial charge in [0.1, 0.15) is 0 Å². The van der Waals surface area contributed by atoms with Crippen LogP contribution in [0.1, 0.15) is 11.1 Å². The van der Waals surface area contributed by atoms with Crippen LogP contribution in [0, 0.1) is 3.57 Å². The highest BCUT2D eigenvalue weighted by Gasteiger charge is 2.34. The van der Waals surface area contributed by atoms with Crippen molar-refractivity contribution in [3.63, 3.8) is 0 Å². The molecule has 0 aromatic carbocycles. The van der Waals surface area contributed by atoms with Crippen molar-refractivity contribution >= 4 is 38.5 Å². The summed E-state index contributed by atoms with van der Waals surface area (Å²) in [5.74, 6) is 0. The number of nitrogens with zero attached hydrogens (tertiary/aromatic N) is 1. The summed E-state index contributed by atoms with van der Waals surface area (Å²) >= 11 is 4.85. The normalized spacial score (nSPS) is 11.8. The molecule has 0 atom stereocenters. The van der Waals surface area contributed by atoms with Crippen LogP contribution in [0.3, 0.4) is 0 Å². The third kappa shape index (κ3) is 2.55. The van der Waals surface area contributed by atoms with E-state index in [-0.39, 0.29) is 10.9 Å². The maximum absolute atomic E-state index is 12.4. The molecule has 0 aliphatic rings. The van der Waals surface area contributed by atoms with E-state index in [2.05, 4.69) is 20.9 Å². The van der Waals surface area contributed by atoms with E-state index < -0.39 is 11.7 Å². The molecule has 13 heavy (non-hydrogen) atoms. The van der Waals surface area contributed by atoms with E-state index in [1.807, 2.05) is 22.6 Å². The summed E-state index contributed by atoms with van der Waals surface area (Å²) in [6.45, 7) is 0. The quantitative estimate of drug-likeness (QED) is 0.547. The predicted molar refractivity (Wildman–Crippen MR) is 54.6 cm³/mol. The lowest BCUT2D eigenvalue weighted by molar-refractivity contribution is -0.138. The molecule has 0 fully saturated rings. The summed E-state index contributed by atoms with van der Waals surface area (Å²) in [6, 6.07) is 0. The van der Waals surface area contributed by atoms with Crippen molar-refractivity contribution in [2.24, 2.45) is 0 Å². The first-order valence-corrected chi connectivity index (χ1v) is 5.42. The van der Waals surface area contributed by atoms with Gasteiger partial charge in [0.15, 0.2) is 0 Å². The Morgan fingerprint density at radius 3 is 2.38 bits per heavy atom. The first-order chi connectivity index (χ1) is 5.96. The van der Waals surface area contributed by atoms with Gasteiger partial charge in [-0.25, -0.2) is 0 Å². The van der Waals surface area contributed by atoms with E-state index in [0.717, 1.165) is 6.20 Å². The van der Waals surface area contributed by atoms with Crippen LogP contribution >= 0.6 is 38.5 Å². The smallest absolute Gasteiger partial charge is 0.263 e. The molecule has 0 unspecified atom stereocenters. The number of rotatable bonds is 1. The molecule has 0 saturated carbocycles. The van der Waals surface area contributed by atoms with Gasteiger partial charge < -0.3 is 0 Å². The van der Waals surface area contributed by atoms with Crippen molar-refractivity contribution < 1.29 is 13.2 Å². The molecular formula is C7H4BrF3IN. The maximum atomic E-state index is 12.4. The second kappa shape index (κ2) is 4.12. The van der Waals surface area contributed by atoms with Gasteiger partial charge in [0.05, 0.1) is 5.56 Å². The van der Waals surface area contributed by atoms with Gasteiger partial charge in [0.25, 0.3) is 0 Å². The molecule has 1 rings (SSSR count). The van der Waals surface area contributed by atoms with Gasteiger partial charge >= 0.3 is 6.18 Å². The largest absolute Gasteiger partial charge is 0.418 e. The second-order valence-corrected chi connectivity index (χ2v) is 4.00. The zero-order valence-electron chi connectivity index (χ0n) is 6.20. The Hall–Kier alpha value is 0.150. The Bertz CT molecular complexity index is 313. The third-order valence-electron chi connectivity index (χ3n) is 1.44. The highest BCUT2D eigenvalue weighted by molar-refractivity contribution is 14.1. The molecule has 0 aliphatic carbocycles. The van der Waals surface area contributed by atoms with Gasteiger partial charge in [-0.15, -0.1) is 0 Å². The Morgan fingerprint density at radius 2 is 2.00 bits per heavy atom. The SMILES string of the molecule is FC(F)(F)c1cncc(I)c1CBr. The van der Waals surface area contributed by atoms with Gasteiger partial charge in [-0.1, -0.05) is 15.9 Å². The predicted octanol–water partition coefficient (Wildman–Crippen LogP) is 3.60. The average Bonchev–Trinajstić information content (AvgIpc) is 2.02. The lowest BCUT2D eigenvalue weighted by atomic mass is 10.1. The van der Waals surface area contributed by atoms with Crippen LogP contribution in [0.25, 0.3) is 0 Å². The number of aromatic nitrogens is 1. The maximum Gasteiger partial charge on any atom is 0.418 e. The molecule has 0 saturated heterocycles. The number of halogens is 5. The Balaban J connectivity index is 3.29. The molecule has 1 aromatic heterocycles. The van der Waals surface area contributed by atoms with Gasteiger partial charge in [-0.05, 0) is 28.2 Å². The molecule has 1 aromatic rings. The summed E-state index contributed by atoms with van der Waals surface area (Å²) in [6.07, 6.45) is -2.07. The lowest BCUT2D eigenvalue weighted by Gasteiger charge is -2.11. The fraction of sp³-hybridized carbons (Fsp3) is 0.286. The number of hydrogen-bond donors (Lipinski definition) is 0. The fourth-order valence-electron chi connectivity index (χ4n) is 0.842. The van der Waals surface area contributed by atoms with Crippen molar-refractivity contribution in [3.05, 3.63) is 27.1 Å². The van der Waals surface area contributed by atoms with Crippen LogP contribution in [-0.4, -0.2) is 4.98 Å². The van der Waals surface area contributed by atoms with E-state index in [1.165, 1.54) is 6.20 Å². The number of alkyl halides is 4. The first kappa shape index (κ1) is 11.2. The highest BCUT2D eigenvalue weighted by Crippen LogP contribution is 2.33. The summed E-state index contributed by atoms with van der Waals surface area (Å²) in [4.78, 5) is 3.51. The molecule has 0 N–H and O–H groups in total. The van der Waals surface area contributed by atoms with E-state index in [9.17, 15) is 13.2 Å². The fourth-order valence-corrected chi connectivity index (χ4v) is 2.61. The molecule has 1 nitrogen and oxygen atoms in total. The van der Waals surface area contributed by atoms with Crippen molar-refractivity contribution in [1.29, 1.82) is 0 Å². The summed E-state index contributed by atoms with van der Waals surface area (Å²) in [5, 5.41) is 0.183. The van der Waals surface area contributed by atoms with Crippen molar-refractivity contribution in [2.75, 3.05) is 0 Å². The van der Waals surface area contributed by atoms with E-state index in [0.29, 0.717) is 3.57 Å². The van der Waals surface area contributed by atoms with Crippen molar-refractivity contribution in [1.82, 2.24) is 4.98 Å². The van der Waals surface area contributed by atoms with Crippen molar-refractivity contribution in [3.8, 4) is 0 Å². The Labute approximate surface area is 95.0 Å². The average molecular weight is 366 g/mol. The zero-order chi connectivity index (χ0) is 10.1. The summed E-state index contributed by atoms with van der Waals surface area (Å²) < 4.78 is 37.6. The van der Waals surface area contributed by atoms with E-state index in [1.54, 1.807) is 0 Å². The van der Waals surface area contributed by atoms with Crippen LogP contribution < -0.4 is 0 Å². The van der Waals surface area contributed by atoms with E-state index >= 15 is 0 Å². The molecule has 0 radical (unpaired) electrons. The van der Waals surface area contributed by atoms with Crippen LogP contribution in [0.5, 0.6) is 0 Å². The minimum absolute atomic E-state index is 0.183. The second-order valence-electron chi connectivity index (χ2n) is 2.28. The van der Waals surface area contributed by atoms with Crippen LogP contribution in [0.4, 0.5) is 13.2 Å². The molecule has 1 heterocycles. The Morgan fingerprint density at radius 1 is 1.38 bits per heavy atom. The summed E-state index contributed by atoms with van der Waals surface area (Å²) in [7, 11) is 0. The molecule has 0 bridgehead atoms. The number of pyridine rings is 1. The minimum Gasteiger partial charge on any atom is -0.263 e. The van der Waals surface area contributed by atoms with Crippen LogP contribution in [0.15, 0.2) is 12.4 Å². The molecular weight excluding hydrogens is 362 g/mol. The summed E-state index contributed by atoms with van der Waals surface area (Å²) in [5.41, 5.74) is -0.431. The van der Waals surface area contributed by atoms with Gasteiger partial charge in [-0.3, -0.25) is 4.98 Å². The molecule has 0 spiro atoms. The van der Waals surface area contributed by atoms with Crippen LogP contribution in [-0.2, 0) is 11.5 Å². The highest BCUT2D eigenvalue weighted by atomic mass is 127. The standard InChI is InChI=1S/C7H4BrF3IN/c8-1-4-5(7(9,10)11)2-13-3-6(4)12/h2-3H,1H2. The lowest BCUT2D eigenvalue weighted by Crippen LogP contribution is -2.10. The first-order valence-electron chi connectivity index (χ1n) is 3.22. The van der Waals surface area contributed by atoms with Crippen molar-refractivity contribution in [2.45, 2.75) is 11.5 Å². The van der Waals surface area contributed by atoms with Crippen LogP contribution in [0.2, 0.25) is 0 Å². The molecule has 0 aliphatic heterocycles. The Kier molecular flexibility index (Phi) is 3.56. The monoisotopic (exact) mass is 365 g/mol. The van der Waals surface area contributed by atoms with Gasteiger partial charge in [0, 0.05) is 21.3 Å². The molecule has 6 heteroatoms. The zero-order valence-corrected chi connectivity index (χ0v) is 9.94. The minimum atomic E-state index is -4.32. The molecule has 0 amide bonds. The molecule has 72 valence electrons. The van der Waals surface area contributed by atoms with Gasteiger partial charge in [0.2, 0.25) is 0 Å². The van der Waals surface area contributed by atoms with Gasteiger partial charge in [-0.2, -0.15) is 13.2 Å². The third-order valence-corrected chi connectivity index (χ3v) is 2.93. The topological polar surface area (TPSA) is 12.9 Å². The number of hydrogen-bond acceptors (Lipinski definition) is 1.